The lowest BCUT2D eigenvalue weighted by Crippen LogP contribution is -2.27. The van der Waals surface area contributed by atoms with Crippen LogP contribution >= 0.6 is 0 Å². The summed E-state index contributed by atoms with van der Waals surface area (Å²) in [6, 6.07) is 10.9. The minimum Gasteiger partial charge on any atom is -0.398 e. The summed E-state index contributed by atoms with van der Waals surface area (Å²) in [5.74, 6) is -0.435. The van der Waals surface area contributed by atoms with E-state index in [1.54, 1.807) is 24.5 Å². The Morgan fingerprint density at radius 1 is 1.26 bits per heavy atom. The van der Waals surface area contributed by atoms with Gasteiger partial charge in [0.2, 0.25) is 5.43 Å². The van der Waals surface area contributed by atoms with Crippen LogP contribution in [0, 0.1) is 0 Å². The van der Waals surface area contributed by atoms with Crippen molar-refractivity contribution in [3.63, 3.8) is 0 Å². The van der Waals surface area contributed by atoms with Gasteiger partial charge in [0.25, 0.3) is 5.91 Å². The number of hydrogen-bond donors (Lipinski definition) is 2. The van der Waals surface area contributed by atoms with Crippen LogP contribution in [0.4, 0.5) is 5.69 Å². The van der Waals surface area contributed by atoms with Gasteiger partial charge in [-0.25, -0.2) is 0 Å². The molecule has 6 nitrogen and oxygen atoms in total. The maximum Gasteiger partial charge on any atom is 0.256 e. The Kier molecular flexibility index (Phi) is 3.80. The quantitative estimate of drug-likeness (QED) is 0.715. The number of rotatable bonds is 3. The lowest BCUT2D eigenvalue weighted by molar-refractivity contribution is 0.0961. The Labute approximate surface area is 132 Å². The third-order valence-corrected chi connectivity index (χ3v) is 3.67. The molecule has 6 heteroatoms. The fraction of sp³-hybridized carbons (Fsp3) is 0.118. The Bertz CT molecular complexity index is 932. The van der Waals surface area contributed by atoms with E-state index in [0.717, 1.165) is 5.69 Å². The summed E-state index contributed by atoms with van der Waals surface area (Å²) in [4.78, 5) is 28.9. The Balaban J connectivity index is 2.28. The lowest BCUT2D eigenvalue weighted by Gasteiger charge is -2.14. The van der Waals surface area contributed by atoms with E-state index in [4.69, 9.17) is 5.73 Å². The molecule has 0 aliphatic rings. The number of hydrogen-bond acceptors (Lipinski definition) is 4. The second-order valence-electron chi connectivity index (χ2n) is 5.14. The van der Waals surface area contributed by atoms with E-state index in [0.29, 0.717) is 23.1 Å². The monoisotopic (exact) mass is 308 g/mol. The molecule has 0 atom stereocenters. The van der Waals surface area contributed by atoms with Crippen molar-refractivity contribution >= 4 is 22.5 Å². The molecule has 3 N–H and O–H groups in total. The molecule has 0 radical (unpaired) electrons. The highest BCUT2D eigenvalue weighted by molar-refractivity contribution is 6.00. The van der Waals surface area contributed by atoms with Crippen molar-refractivity contribution in [1.82, 2.24) is 14.9 Å². The first-order chi connectivity index (χ1) is 11.1. The molecule has 3 aromatic rings. The second kappa shape index (κ2) is 5.92. The topological polar surface area (TPSA) is 90.0 Å². The first-order valence-electron chi connectivity index (χ1n) is 7.15. The summed E-state index contributed by atoms with van der Waals surface area (Å²) in [6.45, 7) is 0.436. The third kappa shape index (κ3) is 2.66. The summed E-state index contributed by atoms with van der Waals surface area (Å²) in [7, 11) is 1.49. The van der Waals surface area contributed by atoms with Crippen molar-refractivity contribution in [3.05, 3.63) is 70.3 Å². The van der Waals surface area contributed by atoms with Gasteiger partial charge in [0.15, 0.2) is 0 Å². The first-order valence-corrected chi connectivity index (χ1v) is 7.15. The van der Waals surface area contributed by atoms with E-state index in [2.05, 4.69) is 10.3 Å². The number of carbonyl (C=O) groups is 1. The number of amides is 1. The van der Waals surface area contributed by atoms with Crippen LogP contribution in [-0.4, -0.2) is 22.5 Å². The number of nitrogens with zero attached hydrogens (tertiary/aromatic N) is 2. The van der Waals surface area contributed by atoms with Crippen LogP contribution in [0.25, 0.3) is 10.9 Å². The standard InChI is InChI=1S/C17H16N4O2/c1-19-17(23)12-10-21(9-11-5-2-3-8-20-11)14-7-4-6-13(18)15(14)16(12)22/h2-8,10H,9,18H2,1H3,(H,19,23). The zero-order valence-electron chi connectivity index (χ0n) is 12.6. The maximum absolute atomic E-state index is 12.6. The third-order valence-electron chi connectivity index (χ3n) is 3.67. The molecule has 0 saturated carbocycles. The Morgan fingerprint density at radius 2 is 2.09 bits per heavy atom. The summed E-state index contributed by atoms with van der Waals surface area (Å²) in [5.41, 5.74) is 7.52. The fourth-order valence-electron chi connectivity index (χ4n) is 2.56. The minimum atomic E-state index is -0.435. The number of carbonyl (C=O) groups excluding carboxylic acids is 1. The number of nitrogens with one attached hydrogen (secondary N) is 1. The number of aromatic nitrogens is 2. The molecule has 0 unspecified atom stereocenters. The van der Waals surface area contributed by atoms with E-state index in [9.17, 15) is 9.59 Å². The van der Waals surface area contributed by atoms with Gasteiger partial charge in [0, 0.05) is 25.1 Å². The molecule has 0 fully saturated rings. The molecule has 0 spiro atoms. The minimum absolute atomic E-state index is 0.0637. The zero-order valence-corrected chi connectivity index (χ0v) is 12.6. The molecule has 0 aliphatic carbocycles. The molecule has 116 valence electrons. The van der Waals surface area contributed by atoms with Gasteiger partial charge in [0.05, 0.1) is 23.1 Å². The van der Waals surface area contributed by atoms with E-state index in [-0.39, 0.29) is 11.0 Å². The molecule has 3 rings (SSSR count). The Morgan fingerprint density at radius 3 is 2.78 bits per heavy atom. The van der Waals surface area contributed by atoms with Crippen LogP contribution in [0.3, 0.4) is 0 Å². The van der Waals surface area contributed by atoms with E-state index in [1.807, 2.05) is 28.8 Å². The van der Waals surface area contributed by atoms with Crippen molar-refractivity contribution in [2.24, 2.45) is 0 Å². The highest BCUT2D eigenvalue weighted by atomic mass is 16.2. The fourth-order valence-corrected chi connectivity index (χ4v) is 2.56. The van der Waals surface area contributed by atoms with Gasteiger partial charge in [-0.3, -0.25) is 14.6 Å². The highest BCUT2D eigenvalue weighted by Gasteiger charge is 2.16. The average molecular weight is 308 g/mol. The van der Waals surface area contributed by atoms with Crippen molar-refractivity contribution in [3.8, 4) is 0 Å². The highest BCUT2D eigenvalue weighted by Crippen LogP contribution is 2.19. The van der Waals surface area contributed by atoms with Crippen LogP contribution in [0.5, 0.6) is 0 Å². The number of fused-ring (bicyclic) bond motifs is 1. The molecule has 0 aliphatic heterocycles. The van der Waals surface area contributed by atoms with Crippen LogP contribution in [0.15, 0.2) is 53.6 Å². The Hall–Kier alpha value is -3.15. The number of nitrogen functional groups attached to an aromatic ring is 1. The van der Waals surface area contributed by atoms with E-state index >= 15 is 0 Å². The van der Waals surface area contributed by atoms with Crippen molar-refractivity contribution in [2.75, 3.05) is 12.8 Å². The normalized spacial score (nSPS) is 10.7. The number of benzene rings is 1. The molecular formula is C17H16N4O2. The van der Waals surface area contributed by atoms with Crippen LogP contribution < -0.4 is 16.5 Å². The molecule has 1 aromatic carbocycles. The molecule has 0 saturated heterocycles. The first kappa shape index (κ1) is 14.8. The molecule has 23 heavy (non-hydrogen) atoms. The zero-order chi connectivity index (χ0) is 16.4. The van der Waals surface area contributed by atoms with Gasteiger partial charge in [-0.05, 0) is 24.3 Å². The molecule has 2 heterocycles. The predicted octanol–water partition coefficient (Wildman–Crippen LogP) is 1.39. The van der Waals surface area contributed by atoms with Crippen LogP contribution in [-0.2, 0) is 6.54 Å². The molecule has 0 bridgehead atoms. The summed E-state index contributed by atoms with van der Waals surface area (Å²) in [5, 5.41) is 2.84. The molecule has 2 aromatic heterocycles. The van der Waals surface area contributed by atoms with Gasteiger partial charge in [-0.15, -0.1) is 0 Å². The smallest absolute Gasteiger partial charge is 0.256 e. The van der Waals surface area contributed by atoms with Crippen LogP contribution in [0.1, 0.15) is 16.1 Å². The second-order valence-corrected chi connectivity index (χ2v) is 5.14. The average Bonchev–Trinajstić information content (AvgIpc) is 2.57. The number of anilines is 1. The van der Waals surface area contributed by atoms with Gasteiger partial charge in [0.1, 0.15) is 5.56 Å². The van der Waals surface area contributed by atoms with Crippen molar-refractivity contribution in [1.29, 1.82) is 0 Å². The molecular weight excluding hydrogens is 292 g/mol. The summed E-state index contributed by atoms with van der Waals surface area (Å²) < 4.78 is 1.82. The number of nitrogens with two attached hydrogens (primary N) is 1. The van der Waals surface area contributed by atoms with Crippen molar-refractivity contribution in [2.45, 2.75) is 6.54 Å². The maximum atomic E-state index is 12.6. The van der Waals surface area contributed by atoms with Gasteiger partial charge < -0.3 is 15.6 Å². The van der Waals surface area contributed by atoms with E-state index < -0.39 is 5.91 Å². The van der Waals surface area contributed by atoms with Gasteiger partial charge >= 0.3 is 0 Å². The number of pyridine rings is 2. The summed E-state index contributed by atoms with van der Waals surface area (Å²) in [6.07, 6.45) is 3.26. The largest absolute Gasteiger partial charge is 0.398 e. The molecule has 1 amide bonds. The van der Waals surface area contributed by atoms with E-state index in [1.165, 1.54) is 7.05 Å². The predicted molar refractivity (Wildman–Crippen MR) is 89.3 cm³/mol. The lowest BCUT2D eigenvalue weighted by atomic mass is 10.1. The van der Waals surface area contributed by atoms with Gasteiger partial charge in [-0.2, -0.15) is 0 Å². The SMILES string of the molecule is CNC(=O)c1cn(Cc2ccccn2)c2cccc(N)c2c1=O. The van der Waals surface area contributed by atoms with Crippen LogP contribution in [0.2, 0.25) is 0 Å². The summed E-state index contributed by atoms with van der Waals surface area (Å²) >= 11 is 0. The van der Waals surface area contributed by atoms with Gasteiger partial charge in [-0.1, -0.05) is 12.1 Å². The van der Waals surface area contributed by atoms with Crippen molar-refractivity contribution < 1.29 is 4.79 Å².